The van der Waals surface area contributed by atoms with Crippen LogP contribution in [-0.4, -0.2) is 12.6 Å². The van der Waals surface area contributed by atoms with Crippen LogP contribution < -0.4 is 0 Å². The molecule has 0 aliphatic carbocycles. The van der Waals surface area contributed by atoms with Gasteiger partial charge in [0, 0.05) is 12.0 Å². The summed E-state index contributed by atoms with van der Waals surface area (Å²) in [5, 5.41) is 0. The molecule has 1 atom stereocenters. The molecular weight excluding hydrogens is 183 g/mol. The van der Waals surface area contributed by atoms with Crippen molar-refractivity contribution in [3.8, 4) is 0 Å². The van der Waals surface area contributed by atoms with E-state index >= 15 is 0 Å². The van der Waals surface area contributed by atoms with Gasteiger partial charge in [0.1, 0.15) is 18.4 Å². The topological polar surface area (TPSA) is 34.1 Å². The first kappa shape index (κ1) is 10.6. The van der Waals surface area contributed by atoms with Crippen LogP contribution in [-0.2, 0) is 4.79 Å². The molecule has 0 amide bonds. The fourth-order valence-electron chi connectivity index (χ4n) is 1.35. The number of benzene rings is 1. The minimum Gasteiger partial charge on any atom is -0.303 e. The van der Waals surface area contributed by atoms with Crippen molar-refractivity contribution in [1.29, 1.82) is 0 Å². The number of rotatable bonds is 4. The Bertz CT molecular complexity index is 347. The summed E-state index contributed by atoms with van der Waals surface area (Å²) in [6.07, 6.45) is 1.74. The summed E-state index contributed by atoms with van der Waals surface area (Å²) in [5.41, 5.74) is 1.04. The molecule has 0 aliphatic heterocycles. The molecule has 1 rings (SSSR count). The average molecular weight is 194 g/mol. The van der Waals surface area contributed by atoms with Gasteiger partial charge in [-0.25, -0.2) is 4.39 Å². The molecule has 0 N–H and O–H groups in total. The molecule has 74 valence electrons. The second-order valence-electron chi connectivity index (χ2n) is 3.19. The molecule has 0 saturated carbocycles. The highest BCUT2D eigenvalue weighted by atomic mass is 19.1. The Morgan fingerprint density at radius 3 is 2.71 bits per heavy atom. The highest BCUT2D eigenvalue weighted by Crippen LogP contribution is 2.22. The molecule has 1 aromatic carbocycles. The Morgan fingerprint density at radius 1 is 1.43 bits per heavy atom. The summed E-state index contributed by atoms with van der Waals surface area (Å²) < 4.78 is 12.9. The van der Waals surface area contributed by atoms with Gasteiger partial charge in [0.25, 0.3) is 0 Å². The third-order valence-electron chi connectivity index (χ3n) is 2.16. The van der Waals surface area contributed by atoms with E-state index in [1.54, 1.807) is 6.92 Å². The van der Waals surface area contributed by atoms with Gasteiger partial charge in [0.15, 0.2) is 0 Å². The molecule has 0 spiro atoms. The van der Waals surface area contributed by atoms with Crippen LogP contribution in [0.4, 0.5) is 4.39 Å². The lowest BCUT2D eigenvalue weighted by Gasteiger charge is -2.10. The minimum atomic E-state index is -0.386. The summed E-state index contributed by atoms with van der Waals surface area (Å²) in [6, 6.07) is 3.97. The van der Waals surface area contributed by atoms with Crippen molar-refractivity contribution in [1.82, 2.24) is 0 Å². The van der Waals surface area contributed by atoms with Crippen molar-refractivity contribution in [2.45, 2.75) is 19.3 Å². The largest absolute Gasteiger partial charge is 0.303 e. The smallest absolute Gasteiger partial charge is 0.150 e. The van der Waals surface area contributed by atoms with Crippen molar-refractivity contribution in [2.24, 2.45) is 0 Å². The highest BCUT2D eigenvalue weighted by Gasteiger charge is 2.10. The van der Waals surface area contributed by atoms with Crippen LogP contribution in [0.1, 0.15) is 35.2 Å². The Hall–Kier alpha value is -1.51. The summed E-state index contributed by atoms with van der Waals surface area (Å²) in [4.78, 5) is 20.9. The van der Waals surface area contributed by atoms with E-state index in [4.69, 9.17) is 0 Å². The molecule has 1 aromatic rings. The Labute approximate surface area is 81.7 Å². The van der Waals surface area contributed by atoms with Gasteiger partial charge < -0.3 is 4.79 Å². The molecule has 14 heavy (non-hydrogen) atoms. The van der Waals surface area contributed by atoms with Crippen molar-refractivity contribution < 1.29 is 14.0 Å². The van der Waals surface area contributed by atoms with E-state index in [9.17, 15) is 14.0 Å². The zero-order valence-electron chi connectivity index (χ0n) is 7.87. The predicted octanol–water partition coefficient (Wildman–Crippen LogP) is 2.33. The van der Waals surface area contributed by atoms with Gasteiger partial charge in [0.05, 0.1) is 0 Å². The van der Waals surface area contributed by atoms with Crippen LogP contribution in [0.2, 0.25) is 0 Å². The molecule has 0 bridgehead atoms. The third-order valence-corrected chi connectivity index (χ3v) is 2.16. The molecule has 0 aliphatic rings. The lowest BCUT2D eigenvalue weighted by Crippen LogP contribution is -2.00. The zero-order chi connectivity index (χ0) is 10.6. The fraction of sp³-hybridized carbons (Fsp3) is 0.273. The van der Waals surface area contributed by atoms with Crippen LogP contribution >= 0.6 is 0 Å². The van der Waals surface area contributed by atoms with Crippen LogP contribution in [0.15, 0.2) is 18.2 Å². The number of hydrogen-bond donors (Lipinski definition) is 0. The molecule has 3 heteroatoms. The van der Waals surface area contributed by atoms with Crippen molar-refractivity contribution in [3.63, 3.8) is 0 Å². The summed E-state index contributed by atoms with van der Waals surface area (Å²) in [5.74, 6) is -0.508. The van der Waals surface area contributed by atoms with Crippen LogP contribution in [0.5, 0.6) is 0 Å². The van der Waals surface area contributed by atoms with Gasteiger partial charge in [-0.15, -0.1) is 0 Å². The van der Waals surface area contributed by atoms with Gasteiger partial charge in [0.2, 0.25) is 0 Å². The quantitative estimate of drug-likeness (QED) is 0.689. The summed E-state index contributed by atoms with van der Waals surface area (Å²) in [6.45, 7) is 1.79. The lowest BCUT2D eigenvalue weighted by molar-refractivity contribution is -0.108. The third kappa shape index (κ3) is 2.25. The monoisotopic (exact) mass is 194 g/mol. The molecule has 0 heterocycles. The zero-order valence-corrected chi connectivity index (χ0v) is 7.87. The van der Waals surface area contributed by atoms with Crippen LogP contribution in [0.25, 0.3) is 0 Å². The van der Waals surface area contributed by atoms with Crippen molar-refractivity contribution >= 4 is 12.6 Å². The minimum absolute atomic E-state index is 0.122. The van der Waals surface area contributed by atoms with Crippen LogP contribution in [0.3, 0.4) is 0 Å². The number of halogens is 1. The van der Waals surface area contributed by atoms with E-state index in [1.165, 1.54) is 18.2 Å². The van der Waals surface area contributed by atoms with E-state index in [0.29, 0.717) is 23.8 Å². The van der Waals surface area contributed by atoms with Gasteiger partial charge >= 0.3 is 0 Å². The molecular formula is C11H11FO2. The maximum Gasteiger partial charge on any atom is 0.150 e. The lowest BCUT2D eigenvalue weighted by atomic mass is 9.94. The number of aldehydes is 2. The SMILES string of the molecule is CC(CC=O)c1cc(F)ccc1C=O. The maximum absolute atomic E-state index is 12.9. The normalized spacial score (nSPS) is 12.1. The number of carbonyl (C=O) groups excluding carboxylic acids is 2. The second kappa shape index (κ2) is 4.65. The van der Waals surface area contributed by atoms with E-state index in [-0.39, 0.29) is 11.7 Å². The van der Waals surface area contributed by atoms with Gasteiger partial charge in [-0.2, -0.15) is 0 Å². The summed E-state index contributed by atoms with van der Waals surface area (Å²) >= 11 is 0. The van der Waals surface area contributed by atoms with E-state index in [0.717, 1.165) is 6.29 Å². The molecule has 2 nitrogen and oxygen atoms in total. The van der Waals surface area contributed by atoms with Gasteiger partial charge in [-0.05, 0) is 29.7 Å². The first-order valence-electron chi connectivity index (χ1n) is 4.37. The molecule has 1 unspecified atom stereocenters. The molecule has 0 aromatic heterocycles. The molecule has 0 fully saturated rings. The standard InChI is InChI=1S/C11H11FO2/c1-8(4-5-13)11-6-10(12)3-2-9(11)7-14/h2-3,5-8H,4H2,1H3. The van der Waals surface area contributed by atoms with E-state index in [2.05, 4.69) is 0 Å². The van der Waals surface area contributed by atoms with Crippen molar-refractivity contribution in [3.05, 3.63) is 35.1 Å². The molecule has 0 saturated heterocycles. The Kier molecular flexibility index (Phi) is 3.51. The first-order chi connectivity index (χ1) is 6.69. The second-order valence-corrected chi connectivity index (χ2v) is 3.19. The van der Waals surface area contributed by atoms with Crippen molar-refractivity contribution in [2.75, 3.05) is 0 Å². The van der Waals surface area contributed by atoms with E-state index < -0.39 is 0 Å². The summed E-state index contributed by atoms with van der Waals surface area (Å²) in [7, 11) is 0. The Balaban J connectivity index is 3.09. The maximum atomic E-state index is 12.9. The highest BCUT2D eigenvalue weighted by molar-refractivity contribution is 5.77. The number of hydrogen-bond acceptors (Lipinski definition) is 2. The van der Waals surface area contributed by atoms with Crippen LogP contribution in [0, 0.1) is 5.82 Å². The Morgan fingerprint density at radius 2 is 2.14 bits per heavy atom. The molecule has 0 radical (unpaired) electrons. The van der Waals surface area contributed by atoms with Gasteiger partial charge in [-0.3, -0.25) is 4.79 Å². The van der Waals surface area contributed by atoms with E-state index in [1.807, 2.05) is 0 Å². The predicted molar refractivity (Wildman–Crippen MR) is 50.9 cm³/mol. The fourth-order valence-corrected chi connectivity index (χ4v) is 1.35. The first-order valence-corrected chi connectivity index (χ1v) is 4.37. The average Bonchev–Trinajstić information content (AvgIpc) is 2.18. The van der Waals surface area contributed by atoms with Gasteiger partial charge in [-0.1, -0.05) is 6.92 Å². The number of carbonyl (C=O) groups is 2.